The highest BCUT2D eigenvalue weighted by Crippen LogP contribution is 2.38. The van der Waals surface area contributed by atoms with Crippen molar-refractivity contribution in [1.82, 2.24) is 0 Å². The molecule has 3 heteroatoms. The summed E-state index contributed by atoms with van der Waals surface area (Å²) < 4.78 is 19.6. The summed E-state index contributed by atoms with van der Waals surface area (Å²) >= 11 is 0. The van der Waals surface area contributed by atoms with Crippen LogP contribution in [0.3, 0.4) is 0 Å². The molecule has 0 aliphatic carbocycles. The first-order valence-corrected chi connectivity index (χ1v) is 12.6. The normalized spacial score (nSPS) is 14.9. The third-order valence-corrected chi connectivity index (χ3v) is 5.51. The zero-order valence-corrected chi connectivity index (χ0v) is 21.4. The molecule has 0 N–H and O–H groups in total. The highest BCUT2D eigenvalue weighted by Gasteiger charge is 2.45. The predicted octanol–water partition coefficient (Wildman–Crippen LogP) is 8.07. The molecule has 0 heterocycles. The maximum Gasteiger partial charge on any atom is 0.286 e. The van der Waals surface area contributed by atoms with Gasteiger partial charge in [0.05, 0.1) is 19.8 Å². The minimum atomic E-state index is -0.919. The van der Waals surface area contributed by atoms with Gasteiger partial charge in [0.2, 0.25) is 0 Å². The van der Waals surface area contributed by atoms with Crippen LogP contribution in [0, 0.1) is 29.6 Å². The third-order valence-electron chi connectivity index (χ3n) is 5.51. The van der Waals surface area contributed by atoms with Crippen LogP contribution < -0.4 is 0 Å². The van der Waals surface area contributed by atoms with E-state index in [0.717, 1.165) is 12.8 Å². The zero-order valence-electron chi connectivity index (χ0n) is 21.4. The quantitative estimate of drug-likeness (QED) is 0.158. The smallest absolute Gasteiger partial charge is 0.286 e. The fourth-order valence-electron chi connectivity index (χ4n) is 3.53. The van der Waals surface area contributed by atoms with Gasteiger partial charge in [-0.3, -0.25) is 0 Å². The molecule has 2 unspecified atom stereocenters. The van der Waals surface area contributed by atoms with Gasteiger partial charge in [-0.25, -0.2) is 0 Å². The average Bonchev–Trinajstić information content (AvgIpc) is 2.66. The second-order valence-electron chi connectivity index (χ2n) is 10.3. The van der Waals surface area contributed by atoms with E-state index in [9.17, 15) is 0 Å². The molecule has 0 aromatic heterocycles. The Labute approximate surface area is 183 Å². The topological polar surface area (TPSA) is 27.7 Å². The minimum absolute atomic E-state index is 0.259. The van der Waals surface area contributed by atoms with Gasteiger partial charge >= 0.3 is 0 Å². The first-order valence-electron chi connectivity index (χ1n) is 12.6. The van der Waals surface area contributed by atoms with E-state index in [0.29, 0.717) is 43.5 Å². The summed E-state index contributed by atoms with van der Waals surface area (Å²) in [5.41, 5.74) is 0. The van der Waals surface area contributed by atoms with Crippen molar-refractivity contribution in [2.24, 2.45) is 29.6 Å². The molecular formula is C26H54O3. The van der Waals surface area contributed by atoms with E-state index >= 15 is 0 Å². The lowest BCUT2D eigenvalue weighted by Gasteiger charge is -2.43. The molecule has 3 nitrogen and oxygen atoms in total. The second kappa shape index (κ2) is 16.6. The number of hydrogen-bond acceptors (Lipinski definition) is 3. The lowest BCUT2D eigenvalue weighted by atomic mass is 9.84. The Bertz CT molecular complexity index is 334. The van der Waals surface area contributed by atoms with Crippen LogP contribution >= 0.6 is 0 Å². The molecule has 0 aliphatic rings. The summed E-state index contributed by atoms with van der Waals surface area (Å²) in [7, 11) is 0. The van der Waals surface area contributed by atoms with Crippen molar-refractivity contribution < 1.29 is 14.2 Å². The summed E-state index contributed by atoms with van der Waals surface area (Å²) in [4.78, 5) is 0. The van der Waals surface area contributed by atoms with Crippen molar-refractivity contribution >= 4 is 0 Å². The van der Waals surface area contributed by atoms with Crippen molar-refractivity contribution in [3.8, 4) is 0 Å². The van der Waals surface area contributed by atoms with E-state index in [4.69, 9.17) is 14.2 Å². The molecule has 2 atom stereocenters. The van der Waals surface area contributed by atoms with Gasteiger partial charge in [0, 0.05) is 5.92 Å². The molecule has 0 aromatic carbocycles. The Morgan fingerprint density at radius 1 is 0.586 bits per heavy atom. The highest BCUT2D eigenvalue weighted by molar-refractivity contribution is 4.78. The van der Waals surface area contributed by atoms with E-state index in [1.807, 2.05) is 0 Å². The minimum Gasteiger partial charge on any atom is -0.327 e. The monoisotopic (exact) mass is 414 g/mol. The Hall–Kier alpha value is -0.120. The predicted molar refractivity (Wildman–Crippen MR) is 126 cm³/mol. The molecule has 0 saturated carbocycles. The molecule has 0 rings (SSSR count). The molecule has 0 radical (unpaired) electrons. The van der Waals surface area contributed by atoms with Gasteiger partial charge in [0.1, 0.15) is 0 Å². The zero-order chi connectivity index (χ0) is 22.3. The van der Waals surface area contributed by atoms with E-state index in [-0.39, 0.29) is 5.92 Å². The van der Waals surface area contributed by atoms with Crippen molar-refractivity contribution in [3.63, 3.8) is 0 Å². The van der Waals surface area contributed by atoms with Crippen LogP contribution in [0.25, 0.3) is 0 Å². The van der Waals surface area contributed by atoms with Gasteiger partial charge in [0.25, 0.3) is 5.97 Å². The Morgan fingerprint density at radius 2 is 1.00 bits per heavy atom. The maximum atomic E-state index is 6.53. The van der Waals surface area contributed by atoms with Crippen LogP contribution in [-0.4, -0.2) is 25.8 Å². The van der Waals surface area contributed by atoms with Crippen molar-refractivity contribution in [2.75, 3.05) is 19.8 Å². The molecule has 0 bridgehead atoms. The van der Waals surface area contributed by atoms with Crippen molar-refractivity contribution in [2.45, 2.75) is 120 Å². The Balaban J connectivity index is 5.48. The SMILES string of the molecule is CCCCCCCCC(C(C)CC)C(OCC(C)C)(OCC(C)C)OCC(C)C. The van der Waals surface area contributed by atoms with Crippen LogP contribution in [-0.2, 0) is 14.2 Å². The van der Waals surface area contributed by atoms with Gasteiger partial charge < -0.3 is 14.2 Å². The average molecular weight is 415 g/mol. The number of hydrogen-bond donors (Lipinski definition) is 0. The fourth-order valence-corrected chi connectivity index (χ4v) is 3.53. The molecule has 29 heavy (non-hydrogen) atoms. The molecule has 176 valence electrons. The van der Waals surface area contributed by atoms with E-state index in [1.165, 1.54) is 38.5 Å². The van der Waals surface area contributed by atoms with Crippen LogP contribution in [0.1, 0.15) is 114 Å². The third kappa shape index (κ3) is 13.0. The van der Waals surface area contributed by atoms with E-state index in [1.54, 1.807) is 0 Å². The maximum absolute atomic E-state index is 6.53. The summed E-state index contributed by atoms with van der Waals surface area (Å²) in [5, 5.41) is 0. The standard InChI is InChI=1S/C26H54O3/c1-10-12-13-14-15-16-17-25(24(9)11-2)26(27-18-21(3)4,28-19-22(5)6)29-20-23(7)8/h21-25H,10-20H2,1-9H3. The molecule has 0 aliphatic heterocycles. The number of unbranched alkanes of at least 4 members (excludes halogenated alkanes) is 5. The van der Waals surface area contributed by atoms with Gasteiger partial charge in [0.15, 0.2) is 0 Å². The van der Waals surface area contributed by atoms with Crippen LogP contribution in [0.4, 0.5) is 0 Å². The Morgan fingerprint density at radius 3 is 1.38 bits per heavy atom. The second-order valence-corrected chi connectivity index (χ2v) is 10.3. The number of rotatable bonds is 19. The molecule has 0 saturated heterocycles. The summed E-state index contributed by atoms with van der Waals surface area (Å²) in [6.07, 6.45) is 10.1. The lowest BCUT2D eigenvalue weighted by Crippen LogP contribution is -2.50. The molecular weight excluding hydrogens is 360 g/mol. The first kappa shape index (κ1) is 28.9. The summed E-state index contributed by atoms with van der Waals surface area (Å²) in [5.74, 6) is 1.19. The van der Waals surface area contributed by atoms with Crippen LogP contribution in [0.2, 0.25) is 0 Å². The van der Waals surface area contributed by atoms with E-state index < -0.39 is 5.97 Å². The fraction of sp³-hybridized carbons (Fsp3) is 1.00. The largest absolute Gasteiger partial charge is 0.327 e. The van der Waals surface area contributed by atoms with Gasteiger partial charge in [-0.2, -0.15) is 0 Å². The van der Waals surface area contributed by atoms with Crippen molar-refractivity contribution in [1.29, 1.82) is 0 Å². The Kier molecular flexibility index (Phi) is 16.5. The van der Waals surface area contributed by atoms with Gasteiger partial charge in [-0.1, -0.05) is 107 Å². The molecule has 0 fully saturated rings. The lowest BCUT2D eigenvalue weighted by molar-refractivity contribution is -0.417. The number of ether oxygens (including phenoxy) is 3. The van der Waals surface area contributed by atoms with Gasteiger partial charge in [-0.15, -0.1) is 0 Å². The van der Waals surface area contributed by atoms with Crippen LogP contribution in [0.15, 0.2) is 0 Å². The summed E-state index contributed by atoms with van der Waals surface area (Å²) in [6.45, 7) is 22.1. The first-order chi connectivity index (χ1) is 13.7. The van der Waals surface area contributed by atoms with Crippen LogP contribution in [0.5, 0.6) is 0 Å². The molecule has 0 aromatic rings. The summed E-state index contributed by atoms with van der Waals surface area (Å²) in [6, 6.07) is 0. The molecule has 0 amide bonds. The van der Waals surface area contributed by atoms with Crippen molar-refractivity contribution in [3.05, 3.63) is 0 Å². The molecule has 0 spiro atoms. The van der Waals surface area contributed by atoms with E-state index in [2.05, 4.69) is 62.3 Å². The highest BCUT2D eigenvalue weighted by atomic mass is 16.9. The van der Waals surface area contributed by atoms with Gasteiger partial charge in [-0.05, 0) is 30.1 Å².